The van der Waals surface area contributed by atoms with Crippen molar-refractivity contribution in [2.24, 2.45) is 4.99 Å². The van der Waals surface area contributed by atoms with Crippen LogP contribution in [-0.2, 0) is 21.5 Å². The Morgan fingerprint density at radius 2 is 2.05 bits per heavy atom. The van der Waals surface area contributed by atoms with Crippen molar-refractivity contribution in [2.75, 3.05) is 7.05 Å². The van der Waals surface area contributed by atoms with E-state index >= 15 is 0 Å². The molecule has 0 fully saturated rings. The maximum atomic E-state index is 13.4. The summed E-state index contributed by atoms with van der Waals surface area (Å²) in [6.45, 7) is 1.53. The Balaban J connectivity index is 2.21. The summed E-state index contributed by atoms with van der Waals surface area (Å²) in [6.07, 6.45) is 1.25. The third-order valence-corrected chi connectivity index (χ3v) is 4.45. The van der Waals surface area contributed by atoms with Crippen LogP contribution in [0.1, 0.15) is 12.5 Å². The van der Waals surface area contributed by atoms with Gasteiger partial charge in [0.25, 0.3) is 5.91 Å². The van der Waals surface area contributed by atoms with Crippen LogP contribution < -0.4 is 4.72 Å². The van der Waals surface area contributed by atoms with E-state index < -0.39 is 16.1 Å². The fraction of sp³-hybridized carbons (Fsp3) is 0.231. The lowest BCUT2D eigenvalue weighted by Crippen LogP contribution is -2.47. The minimum Gasteiger partial charge on any atom is -0.287 e. The summed E-state index contributed by atoms with van der Waals surface area (Å²) >= 11 is 0. The smallest absolute Gasteiger partial charge is 0.287 e. The summed E-state index contributed by atoms with van der Waals surface area (Å²) < 4.78 is 39.4. The molecule has 2 rings (SSSR count). The van der Waals surface area contributed by atoms with E-state index in [2.05, 4.69) is 9.71 Å². The highest BCUT2D eigenvalue weighted by Gasteiger charge is 2.32. The van der Waals surface area contributed by atoms with Crippen LogP contribution in [-0.4, -0.2) is 31.9 Å². The lowest BCUT2D eigenvalue weighted by Gasteiger charge is -2.25. The fourth-order valence-corrected chi connectivity index (χ4v) is 2.72. The molecule has 1 aliphatic rings. The molecule has 0 bridgehead atoms. The zero-order chi connectivity index (χ0) is 15.6. The lowest BCUT2D eigenvalue weighted by molar-refractivity contribution is -0.121. The van der Waals surface area contributed by atoms with Gasteiger partial charge in [-0.25, -0.2) is 8.70 Å². The van der Waals surface area contributed by atoms with Crippen molar-refractivity contribution < 1.29 is 17.6 Å². The summed E-state index contributed by atoms with van der Waals surface area (Å²) in [5.74, 6) is -1.06. The Morgan fingerprint density at radius 3 is 2.71 bits per heavy atom. The first-order valence-electron chi connectivity index (χ1n) is 6.08. The van der Waals surface area contributed by atoms with Gasteiger partial charge < -0.3 is 0 Å². The number of hydrogen-bond donors (Lipinski definition) is 1. The Morgan fingerprint density at radius 1 is 1.38 bits per heavy atom. The van der Waals surface area contributed by atoms with E-state index in [1.54, 1.807) is 18.2 Å². The first-order chi connectivity index (χ1) is 9.83. The average Bonchev–Trinajstić information content (AvgIpc) is 2.42. The molecule has 1 amide bonds. The molecule has 0 saturated heterocycles. The molecular weight excluding hydrogens is 297 g/mol. The molecule has 1 heterocycles. The van der Waals surface area contributed by atoms with E-state index in [1.165, 1.54) is 19.2 Å². The van der Waals surface area contributed by atoms with E-state index in [0.717, 1.165) is 7.05 Å². The number of aliphatic imine (C=N–C) groups is 1. The Hall–Kier alpha value is -2.22. The molecule has 6 nitrogen and oxygen atoms in total. The number of nitrogens with zero attached hydrogens (tertiary/aromatic N) is 2. The number of benzene rings is 1. The molecule has 0 aromatic heterocycles. The normalized spacial score (nSPS) is 18.2. The summed E-state index contributed by atoms with van der Waals surface area (Å²) in [7, 11) is -2.67. The van der Waals surface area contributed by atoms with Crippen LogP contribution in [0.2, 0.25) is 0 Å². The van der Waals surface area contributed by atoms with Gasteiger partial charge in [-0.1, -0.05) is 18.2 Å². The maximum Gasteiger partial charge on any atom is 0.325 e. The highest BCUT2D eigenvalue weighted by atomic mass is 32.2. The van der Waals surface area contributed by atoms with Crippen LogP contribution in [0, 0.1) is 5.82 Å². The number of likely N-dealkylation sites (N-methyl/N-ethyl adjacent to an activating group) is 1. The molecule has 21 heavy (non-hydrogen) atoms. The molecule has 0 unspecified atom stereocenters. The van der Waals surface area contributed by atoms with Crippen molar-refractivity contribution in [3.8, 4) is 0 Å². The summed E-state index contributed by atoms with van der Waals surface area (Å²) in [5.41, 5.74) is 0.711. The predicted molar refractivity (Wildman–Crippen MR) is 76.1 cm³/mol. The fourth-order valence-electron chi connectivity index (χ4n) is 1.77. The first kappa shape index (κ1) is 15.2. The monoisotopic (exact) mass is 311 g/mol. The molecule has 0 spiro atoms. The van der Waals surface area contributed by atoms with Gasteiger partial charge in [0, 0.05) is 24.5 Å². The molecule has 0 saturated carbocycles. The number of allylic oxidation sites excluding steroid dienone is 1. The van der Waals surface area contributed by atoms with E-state index in [9.17, 15) is 17.6 Å². The number of rotatable bonds is 3. The third kappa shape index (κ3) is 3.10. The number of amides is 1. The standard InChI is InChI=1S/C13H14FN3O3S/c1-9-11(13(18)17(2)21(19,20)16-9)8-15-7-10-5-3-4-6-12(10)14/h3-6,8,16H,7H2,1-2H3. The van der Waals surface area contributed by atoms with Crippen LogP contribution in [0.3, 0.4) is 0 Å². The largest absolute Gasteiger partial charge is 0.325 e. The SMILES string of the molecule is CC1=C(C=NCc2ccccc2F)C(=O)N(C)S(=O)(=O)N1. The molecule has 0 radical (unpaired) electrons. The average molecular weight is 311 g/mol. The van der Waals surface area contributed by atoms with Gasteiger partial charge >= 0.3 is 10.2 Å². The number of carbonyl (C=O) groups is 1. The van der Waals surface area contributed by atoms with Gasteiger partial charge in [0.05, 0.1) is 12.1 Å². The van der Waals surface area contributed by atoms with Gasteiger partial charge in [-0.2, -0.15) is 8.42 Å². The lowest BCUT2D eigenvalue weighted by atomic mass is 10.2. The Labute approximate surface area is 122 Å². The van der Waals surface area contributed by atoms with Crippen molar-refractivity contribution in [1.29, 1.82) is 0 Å². The van der Waals surface area contributed by atoms with Crippen LogP contribution in [0.25, 0.3) is 0 Å². The number of halogens is 1. The minimum absolute atomic E-state index is 0.0627. The second kappa shape index (κ2) is 5.65. The molecule has 1 aliphatic heterocycles. The highest BCUT2D eigenvalue weighted by molar-refractivity contribution is 7.87. The van der Waals surface area contributed by atoms with Crippen molar-refractivity contribution in [2.45, 2.75) is 13.5 Å². The van der Waals surface area contributed by atoms with Crippen LogP contribution >= 0.6 is 0 Å². The molecule has 8 heteroatoms. The second-order valence-corrected chi connectivity index (χ2v) is 6.18. The predicted octanol–water partition coefficient (Wildman–Crippen LogP) is 0.977. The highest BCUT2D eigenvalue weighted by Crippen LogP contribution is 2.14. The summed E-state index contributed by atoms with van der Waals surface area (Å²) in [6, 6.07) is 6.17. The molecule has 112 valence electrons. The van der Waals surface area contributed by atoms with E-state index in [-0.39, 0.29) is 23.6 Å². The Kier molecular flexibility index (Phi) is 4.08. The summed E-state index contributed by atoms with van der Waals surface area (Å²) in [4.78, 5) is 15.9. The van der Waals surface area contributed by atoms with Crippen LogP contribution in [0.4, 0.5) is 4.39 Å². The van der Waals surface area contributed by atoms with Gasteiger partial charge in [0.15, 0.2) is 0 Å². The second-order valence-electron chi connectivity index (χ2n) is 4.48. The number of nitrogens with one attached hydrogen (secondary N) is 1. The van der Waals surface area contributed by atoms with Crippen molar-refractivity contribution in [3.63, 3.8) is 0 Å². The number of carbonyl (C=O) groups excluding carboxylic acids is 1. The quantitative estimate of drug-likeness (QED) is 0.845. The van der Waals surface area contributed by atoms with E-state index in [1.807, 2.05) is 0 Å². The molecule has 1 N–H and O–H groups in total. The van der Waals surface area contributed by atoms with E-state index in [4.69, 9.17) is 0 Å². The van der Waals surface area contributed by atoms with Gasteiger partial charge in [0.1, 0.15) is 5.82 Å². The van der Waals surface area contributed by atoms with E-state index in [0.29, 0.717) is 9.87 Å². The van der Waals surface area contributed by atoms with Crippen LogP contribution in [0.15, 0.2) is 40.5 Å². The van der Waals surface area contributed by atoms with Crippen LogP contribution in [0.5, 0.6) is 0 Å². The Bertz CT molecular complexity index is 741. The molecule has 0 aliphatic carbocycles. The molecular formula is C13H14FN3O3S. The molecule has 0 atom stereocenters. The zero-order valence-corrected chi connectivity index (χ0v) is 12.3. The van der Waals surface area contributed by atoms with Crippen molar-refractivity contribution in [1.82, 2.24) is 9.03 Å². The third-order valence-electron chi connectivity index (χ3n) is 3.00. The van der Waals surface area contributed by atoms with Gasteiger partial charge in [0.2, 0.25) is 0 Å². The van der Waals surface area contributed by atoms with Crippen molar-refractivity contribution in [3.05, 3.63) is 46.9 Å². The summed E-state index contributed by atoms with van der Waals surface area (Å²) in [5, 5.41) is 0. The van der Waals surface area contributed by atoms with Gasteiger partial charge in [-0.15, -0.1) is 0 Å². The topological polar surface area (TPSA) is 78.8 Å². The van der Waals surface area contributed by atoms with Gasteiger partial charge in [-0.3, -0.25) is 14.5 Å². The molecule has 1 aromatic carbocycles. The number of hydrogen-bond acceptors (Lipinski definition) is 4. The zero-order valence-electron chi connectivity index (χ0n) is 11.5. The first-order valence-corrected chi connectivity index (χ1v) is 7.52. The maximum absolute atomic E-state index is 13.4. The molecule has 1 aromatic rings. The minimum atomic E-state index is -3.82. The van der Waals surface area contributed by atoms with Gasteiger partial charge in [-0.05, 0) is 13.0 Å². The van der Waals surface area contributed by atoms with Crippen molar-refractivity contribution >= 4 is 22.3 Å².